The Labute approximate surface area is 227 Å². The number of carbonyl (C=O) groups excluding carboxylic acids is 3. The molecular weight excluding hydrogens is 501 g/mol. The Morgan fingerprint density at radius 1 is 1.23 bits per heavy atom. The minimum atomic E-state index is -0.692. The van der Waals surface area contributed by atoms with Crippen molar-refractivity contribution in [3.05, 3.63) is 58.8 Å². The van der Waals surface area contributed by atoms with Gasteiger partial charge in [-0.05, 0) is 69.0 Å². The van der Waals surface area contributed by atoms with E-state index in [-0.39, 0.29) is 42.8 Å². The molecule has 4 N–H and O–H groups in total. The second-order valence-corrected chi connectivity index (χ2v) is 10.0. The standard InChI is InChI=1S/C28H36FN7O3/c1-3-22-25(18-7-8-18)34-28(26(33-22)27(30)39)32-20-9-10-21(29)19(16-20)11-12-31-23(37)17-35(2)24(38)6-4-13-36-14-5-15-36/h4,6,9-10,16,18H,3,5,7-8,11-15,17H2,1-2H3,(H2,30,39)(H,31,37)(H,32,34)/b6-4+. The summed E-state index contributed by atoms with van der Waals surface area (Å²) in [5.41, 5.74) is 8.14. The van der Waals surface area contributed by atoms with E-state index in [0.29, 0.717) is 23.6 Å². The van der Waals surface area contributed by atoms with Gasteiger partial charge in [-0.25, -0.2) is 14.4 Å². The molecule has 1 saturated carbocycles. The van der Waals surface area contributed by atoms with Crippen molar-refractivity contribution in [3.63, 3.8) is 0 Å². The highest BCUT2D eigenvalue weighted by Crippen LogP contribution is 2.41. The van der Waals surface area contributed by atoms with E-state index in [9.17, 15) is 18.8 Å². The topological polar surface area (TPSA) is 134 Å². The number of aryl methyl sites for hydroxylation is 1. The number of hydrogen-bond donors (Lipinski definition) is 3. The Morgan fingerprint density at radius 3 is 2.64 bits per heavy atom. The number of nitrogens with one attached hydrogen (secondary N) is 2. The molecule has 208 valence electrons. The van der Waals surface area contributed by atoms with Gasteiger partial charge in [-0.3, -0.25) is 19.3 Å². The predicted molar refractivity (Wildman–Crippen MR) is 146 cm³/mol. The monoisotopic (exact) mass is 537 g/mol. The van der Waals surface area contributed by atoms with Gasteiger partial charge in [-0.2, -0.15) is 0 Å². The Bertz CT molecular complexity index is 1260. The molecule has 1 aromatic heterocycles. The number of anilines is 2. The lowest BCUT2D eigenvalue weighted by molar-refractivity contribution is -0.131. The summed E-state index contributed by atoms with van der Waals surface area (Å²) >= 11 is 0. The zero-order valence-corrected chi connectivity index (χ0v) is 22.5. The number of hydrogen-bond acceptors (Lipinski definition) is 7. The van der Waals surface area contributed by atoms with E-state index in [1.165, 1.54) is 23.5 Å². The van der Waals surface area contributed by atoms with Crippen LogP contribution in [-0.2, 0) is 22.4 Å². The first-order chi connectivity index (χ1) is 18.7. The Kier molecular flexibility index (Phi) is 9.23. The molecule has 4 rings (SSSR count). The molecule has 0 spiro atoms. The van der Waals surface area contributed by atoms with Crippen LogP contribution < -0.4 is 16.4 Å². The summed E-state index contributed by atoms with van der Waals surface area (Å²) in [6, 6.07) is 4.47. The van der Waals surface area contributed by atoms with Crippen molar-refractivity contribution in [2.45, 2.75) is 44.9 Å². The maximum absolute atomic E-state index is 14.5. The number of benzene rings is 1. The number of primary amides is 1. The van der Waals surface area contributed by atoms with Crippen LogP contribution in [0.15, 0.2) is 30.4 Å². The van der Waals surface area contributed by atoms with E-state index in [1.807, 2.05) is 13.0 Å². The summed E-state index contributed by atoms with van der Waals surface area (Å²) < 4.78 is 14.5. The summed E-state index contributed by atoms with van der Waals surface area (Å²) in [6.45, 7) is 4.88. The van der Waals surface area contributed by atoms with Crippen LogP contribution in [0, 0.1) is 5.82 Å². The number of halogens is 1. The van der Waals surface area contributed by atoms with Gasteiger partial charge in [0.2, 0.25) is 11.8 Å². The molecule has 3 amide bonds. The lowest BCUT2D eigenvalue weighted by Gasteiger charge is -2.29. The number of likely N-dealkylation sites (N-methyl/N-ethyl adjacent to an activating group) is 1. The van der Waals surface area contributed by atoms with Crippen LogP contribution in [0.1, 0.15) is 59.5 Å². The van der Waals surface area contributed by atoms with Crippen molar-refractivity contribution in [2.75, 3.05) is 45.1 Å². The van der Waals surface area contributed by atoms with Crippen molar-refractivity contribution >= 4 is 29.2 Å². The van der Waals surface area contributed by atoms with Gasteiger partial charge >= 0.3 is 0 Å². The highest BCUT2D eigenvalue weighted by Gasteiger charge is 2.30. The summed E-state index contributed by atoms with van der Waals surface area (Å²) in [5.74, 6) is -1.11. The van der Waals surface area contributed by atoms with Gasteiger partial charge < -0.3 is 21.3 Å². The van der Waals surface area contributed by atoms with Crippen molar-refractivity contribution in [3.8, 4) is 0 Å². The van der Waals surface area contributed by atoms with Gasteiger partial charge in [0.1, 0.15) is 5.82 Å². The Hall–Kier alpha value is -3.86. The second kappa shape index (κ2) is 12.8. The van der Waals surface area contributed by atoms with Crippen LogP contribution in [-0.4, -0.2) is 77.3 Å². The van der Waals surface area contributed by atoms with Crippen LogP contribution in [0.5, 0.6) is 0 Å². The molecule has 1 aliphatic carbocycles. The fourth-order valence-corrected chi connectivity index (χ4v) is 4.35. The molecule has 2 aliphatic rings. The third-order valence-electron chi connectivity index (χ3n) is 6.89. The van der Waals surface area contributed by atoms with E-state index in [2.05, 4.69) is 25.5 Å². The van der Waals surface area contributed by atoms with Crippen molar-refractivity contribution in [1.29, 1.82) is 0 Å². The van der Waals surface area contributed by atoms with Gasteiger partial charge in [-0.1, -0.05) is 13.0 Å². The average molecular weight is 538 g/mol. The van der Waals surface area contributed by atoms with Crippen LogP contribution in [0.3, 0.4) is 0 Å². The van der Waals surface area contributed by atoms with Gasteiger partial charge in [-0.15, -0.1) is 0 Å². The van der Waals surface area contributed by atoms with E-state index in [0.717, 1.165) is 43.9 Å². The lowest BCUT2D eigenvalue weighted by atomic mass is 10.1. The number of nitrogens with zero attached hydrogens (tertiary/aromatic N) is 4. The molecule has 39 heavy (non-hydrogen) atoms. The zero-order valence-electron chi connectivity index (χ0n) is 22.5. The zero-order chi connectivity index (χ0) is 27.9. The van der Waals surface area contributed by atoms with Crippen molar-refractivity contribution in [1.82, 2.24) is 25.1 Å². The highest BCUT2D eigenvalue weighted by molar-refractivity contribution is 5.96. The molecule has 2 heterocycles. The number of amides is 3. The van der Waals surface area contributed by atoms with E-state index in [1.54, 1.807) is 19.2 Å². The third-order valence-corrected chi connectivity index (χ3v) is 6.89. The third kappa shape index (κ3) is 7.60. The van der Waals surface area contributed by atoms with Crippen LogP contribution in [0.2, 0.25) is 0 Å². The largest absolute Gasteiger partial charge is 0.364 e. The molecule has 0 unspecified atom stereocenters. The summed E-state index contributed by atoms with van der Waals surface area (Å²) in [4.78, 5) is 49.3. The molecule has 2 aromatic rings. The second-order valence-electron chi connectivity index (χ2n) is 10.0. The Balaban J connectivity index is 1.33. The minimum absolute atomic E-state index is 0.0449. The lowest BCUT2D eigenvalue weighted by Crippen LogP contribution is -2.39. The fraction of sp³-hybridized carbons (Fsp3) is 0.464. The van der Waals surface area contributed by atoms with Crippen LogP contribution in [0.25, 0.3) is 0 Å². The number of aromatic nitrogens is 2. The summed E-state index contributed by atoms with van der Waals surface area (Å²) in [6.07, 6.45) is 7.42. The molecule has 2 fully saturated rings. The molecular formula is C28H36FN7O3. The van der Waals surface area contributed by atoms with Gasteiger partial charge in [0.25, 0.3) is 5.91 Å². The molecule has 0 radical (unpaired) electrons. The predicted octanol–water partition coefficient (Wildman–Crippen LogP) is 2.28. The Morgan fingerprint density at radius 2 is 2.00 bits per heavy atom. The molecule has 0 bridgehead atoms. The normalized spacial score (nSPS) is 15.2. The van der Waals surface area contributed by atoms with Gasteiger partial charge in [0, 0.05) is 37.8 Å². The maximum atomic E-state index is 14.5. The first-order valence-electron chi connectivity index (χ1n) is 13.4. The fourth-order valence-electron chi connectivity index (χ4n) is 4.35. The smallest absolute Gasteiger partial charge is 0.271 e. The van der Waals surface area contributed by atoms with Crippen LogP contribution in [0.4, 0.5) is 15.9 Å². The van der Waals surface area contributed by atoms with Gasteiger partial charge in [0.05, 0.1) is 17.9 Å². The van der Waals surface area contributed by atoms with Crippen molar-refractivity contribution in [2.24, 2.45) is 5.73 Å². The molecule has 1 saturated heterocycles. The first kappa shape index (κ1) is 28.2. The van der Waals surface area contributed by atoms with Gasteiger partial charge in [0.15, 0.2) is 11.5 Å². The summed E-state index contributed by atoms with van der Waals surface area (Å²) in [5, 5.41) is 5.82. The highest BCUT2D eigenvalue weighted by atomic mass is 19.1. The van der Waals surface area contributed by atoms with E-state index >= 15 is 0 Å². The number of rotatable bonds is 13. The molecule has 10 nitrogen and oxygen atoms in total. The number of likely N-dealkylation sites (tertiary alicyclic amines) is 1. The minimum Gasteiger partial charge on any atom is -0.364 e. The molecule has 0 atom stereocenters. The molecule has 11 heteroatoms. The SMILES string of the molecule is CCc1nc(C(N)=O)c(Nc2ccc(F)c(CCNC(=O)CN(C)C(=O)/C=C/CN3CCC3)c2)nc1C1CC1. The number of nitrogens with two attached hydrogens (primary N) is 1. The first-order valence-corrected chi connectivity index (χ1v) is 13.4. The van der Waals surface area contributed by atoms with E-state index in [4.69, 9.17) is 5.73 Å². The number of carbonyl (C=O) groups is 3. The van der Waals surface area contributed by atoms with Crippen LogP contribution >= 0.6 is 0 Å². The average Bonchev–Trinajstić information content (AvgIpc) is 3.72. The molecule has 1 aliphatic heterocycles. The van der Waals surface area contributed by atoms with E-state index < -0.39 is 11.7 Å². The molecule has 1 aromatic carbocycles. The van der Waals surface area contributed by atoms with Crippen molar-refractivity contribution < 1.29 is 18.8 Å². The summed E-state index contributed by atoms with van der Waals surface area (Å²) in [7, 11) is 1.57. The quantitative estimate of drug-likeness (QED) is 0.334. The maximum Gasteiger partial charge on any atom is 0.271 e.